The zero-order valence-corrected chi connectivity index (χ0v) is 16.2. The van der Waals surface area contributed by atoms with Gasteiger partial charge in [-0.2, -0.15) is 0 Å². The molecule has 26 heavy (non-hydrogen) atoms. The highest BCUT2D eigenvalue weighted by Gasteiger charge is 2.25. The van der Waals surface area contributed by atoms with Crippen LogP contribution >= 0.6 is 11.8 Å². The van der Waals surface area contributed by atoms with Crippen LogP contribution in [0.5, 0.6) is 0 Å². The van der Waals surface area contributed by atoms with Crippen molar-refractivity contribution < 1.29 is 9.21 Å². The molecule has 0 saturated heterocycles. The van der Waals surface area contributed by atoms with E-state index in [9.17, 15) is 4.79 Å². The standard InChI is InChI=1S/C21H22N2O2S/c1-13-10-11-14(2)18(12-13)23-20(24)19(17-8-6-5-7-9-17)26-21-22-15(3)16(4)25-21/h5-12,19H,1-4H3,(H,23,24). The minimum absolute atomic E-state index is 0.0941. The minimum Gasteiger partial charge on any atom is -0.437 e. The fourth-order valence-corrected chi connectivity index (χ4v) is 3.59. The Morgan fingerprint density at radius 3 is 2.46 bits per heavy atom. The van der Waals surface area contributed by atoms with Gasteiger partial charge >= 0.3 is 0 Å². The van der Waals surface area contributed by atoms with Crippen LogP contribution in [-0.4, -0.2) is 10.9 Å². The third-order valence-electron chi connectivity index (χ3n) is 4.22. The van der Waals surface area contributed by atoms with Crippen molar-refractivity contribution in [2.45, 2.75) is 38.2 Å². The summed E-state index contributed by atoms with van der Waals surface area (Å²) in [5, 5.41) is 3.12. The van der Waals surface area contributed by atoms with E-state index in [0.29, 0.717) is 5.22 Å². The Bertz CT molecular complexity index is 900. The number of carbonyl (C=O) groups is 1. The molecule has 1 unspecified atom stereocenters. The molecule has 1 amide bonds. The number of hydrogen-bond acceptors (Lipinski definition) is 4. The lowest BCUT2D eigenvalue weighted by atomic mass is 10.1. The predicted octanol–water partition coefficient (Wildman–Crippen LogP) is 5.38. The van der Waals surface area contributed by atoms with E-state index in [1.54, 1.807) is 0 Å². The molecule has 3 rings (SSSR count). The lowest BCUT2D eigenvalue weighted by molar-refractivity contribution is -0.115. The highest BCUT2D eigenvalue weighted by atomic mass is 32.2. The molecule has 5 heteroatoms. The topological polar surface area (TPSA) is 55.1 Å². The Kier molecular flexibility index (Phi) is 5.47. The molecule has 1 N–H and O–H groups in total. The first-order chi connectivity index (χ1) is 12.4. The third-order valence-corrected chi connectivity index (χ3v) is 5.32. The van der Waals surface area contributed by atoms with Crippen molar-refractivity contribution in [1.82, 2.24) is 4.98 Å². The molecule has 1 aromatic heterocycles. The normalized spacial score (nSPS) is 12.0. The van der Waals surface area contributed by atoms with Gasteiger partial charge < -0.3 is 9.73 Å². The van der Waals surface area contributed by atoms with Crippen LogP contribution in [0.25, 0.3) is 0 Å². The summed E-state index contributed by atoms with van der Waals surface area (Å²) in [4.78, 5) is 17.5. The van der Waals surface area contributed by atoms with Crippen molar-refractivity contribution in [3.63, 3.8) is 0 Å². The van der Waals surface area contributed by atoms with Gasteiger partial charge in [-0.15, -0.1) is 0 Å². The van der Waals surface area contributed by atoms with Gasteiger partial charge in [-0.3, -0.25) is 4.79 Å². The summed E-state index contributed by atoms with van der Waals surface area (Å²) in [5.74, 6) is 0.678. The van der Waals surface area contributed by atoms with E-state index >= 15 is 0 Å². The fourth-order valence-electron chi connectivity index (χ4n) is 2.56. The van der Waals surface area contributed by atoms with Gasteiger partial charge in [0.15, 0.2) is 0 Å². The van der Waals surface area contributed by atoms with Crippen LogP contribution in [0.3, 0.4) is 0 Å². The van der Waals surface area contributed by atoms with Crippen LogP contribution in [0, 0.1) is 27.7 Å². The minimum atomic E-state index is -0.450. The monoisotopic (exact) mass is 366 g/mol. The van der Waals surface area contributed by atoms with Crippen LogP contribution in [0.4, 0.5) is 5.69 Å². The SMILES string of the molecule is Cc1ccc(C)c(NC(=O)C(Sc2nc(C)c(C)o2)c2ccccc2)c1. The number of thioether (sulfide) groups is 1. The second-order valence-corrected chi connectivity index (χ2v) is 7.39. The molecular formula is C21H22N2O2S. The molecule has 4 nitrogen and oxygen atoms in total. The van der Waals surface area contributed by atoms with E-state index in [0.717, 1.165) is 33.8 Å². The number of nitrogens with one attached hydrogen (secondary N) is 1. The maximum Gasteiger partial charge on any atom is 0.257 e. The van der Waals surface area contributed by atoms with Crippen LogP contribution in [0.15, 0.2) is 58.2 Å². The van der Waals surface area contributed by atoms with Crippen molar-refractivity contribution in [2.75, 3.05) is 5.32 Å². The average molecular weight is 366 g/mol. The lowest BCUT2D eigenvalue weighted by Crippen LogP contribution is -2.19. The number of oxazole rings is 1. The Morgan fingerprint density at radius 1 is 1.08 bits per heavy atom. The quantitative estimate of drug-likeness (QED) is 0.616. The largest absolute Gasteiger partial charge is 0.437 e. The smallest absolute Gasteiger partial charge is 0.257 e. The summed E-state index contributed by atoms with van der Waals surface area (Å²) in [7, 11) is 0. The molecule has 0 radical (unpaired) electrons. The highest BCUT2D eigenvalue weighted by Crippen LogP contribution is 2.36. The number of aryl methyl sites for hydroxylation is 4. The first-order valence-electron chi connectivity index (χ1n) is 8.48. The second-order valence-electron chi connectivity index (χ2n) is 6.34. The Morgan fingerprint density at radius 2 is 1.81 bits per heavy atom. The molecule has 0 spiro atoms. The summed E-state index contributed by atoms with van der Waals surface area (Å²) >= 11 is 1.32. The number of aromatic nitrogens is 1. The number of amides is 1. The third kappa shape index (κ3) is 4.17. The molecule has 0 aliphatic rings. The maximum absolute atomic E-state index is 13.1. The van der Waals surface area contributed by atoms with E-state index in [1.807, 2.05) is 76.2 Å². The van der Waals surface area contributed by atoms with Gasteiger partial charge in [-0.05, 0) is 62.2 Å². The number of anilines is 1. The number of hydrogen-bond donors (Lipinski definition) is 1. The van der Waals surface area contributed by atoms with Crippen LogP contribution in [-0.2, 0) is 4.79 Å². The Balaban J connectivity index is 1.89. The summed E-state index contributed by atoms with van der Waals surface area (Å²) in [6.45, 7) is 7.77. The first kappa shape index (κ1) is 18.3. The van der Waals surface area contributed by atoms with Crippen molar-refractivity contribution in [2.24, 2.45) is 0 Å². The van der Waals surface area contributed by atoms with Gasteiger partial charge in [0.1, 0.15) is 11.0 Å². The lowest BCUT2D eigenvalue weighted by Gasteiger charge is -2.16. The number of benzene rings is 2. The van der Waals surface area contributed by atoms with E-state index in [4.69, 9.17) is 4.42 Å². The second kappa shape index (κ2) is 7.79. The van der Waals surface area contributed by atoms with Crippen LogP contribution < -0.4 is 5.32 Å². The Labute approximate surface area is 158 Å². The van der Waals surface area contributed by atoms with E-state index in [1.165, 1.54) is 11.8 Å². The first-order valence-corrected chi connectivity index (χ1v) is 9.36. The molecule has 0 aliphatic heterocycles. The Hall–Kier alpha value is -2.53. The summed E-state index contributed by atoms with van der Waals surface area (Å²) < 4.78 is 5.68. The zero-order valence-electron chi connectivity index (χ0n) is 15.4. The van der Waals surface area contributed by atoms with Gasteiger partial charge in [0.2, 0.25) is 5.91 Å². The molecular weight excluding hydrogens is 344 g/mol. The summed E-state index contributed by atoms with van der Waals surface area (Å²) in [6, 6.07) is 15.7. The van der Waals surface area contributed by atoms with E-state index in [-0.39, 0.29) is 5.91 Å². The zero-order chi connectivity index (χ0) is 18.7. The molecule has 0 bridgehead atoms. The molecule has 1 heterocycles. The number of carbonyl (C=O) groups excluding carboxylic acids is 1. The molecule has 134 valence electrons. The van der Waals surface area contributed by atoms with Crippen molar-refractivity contribution in [3.8, 4) is 0 Å². The van der Waals surface area contributed by atoms with E-state index in [2.05, 4.69) is 10.3 Å². The van der Waals surface area contributed by atoms with Gasteiger partial charge in [-0.1, -0.05) is 42.5 Å². The average Bonchev–Trinajstić information content (AvgIpc) is 2.94. The highest BCUT2D eigenvalue weighted by molar-refractivity contribution is 8.00. The van der Waals surface area contributed by atoms with Gasteiger partial charge in [0.25, 0.3) is 5.22 Å². The predicted molar refractivity (Wildman–Crippen MR) is 106 cm³/mol. The number of rotatable bonds is 5. The van der Waals surface area contributed by atoms with Crippen LogP contribution in [0.2, 0.25) is 0 Å². The van der Waals surface area contributed by atoms with Gasteiger partial charge in [0.05, 0.1) is 5.69 Å². The van der Waals surface area contributed by atoms with Crippen LogP contribution in [0.1, 0.15) is 33.4 Å². The molecule has 0 fully saturated rings. The van der Waals surface area contributed by atoms with Crippen molar-refractivity contribution in [3.05, 3.63) is 76.7 Å². The summed E-state index contributed by atoms with van der Waals surface area (Å²) in [6.07, 6.45) is 0. The molecule has 1 atom stereocenters. The van der Waals surface area contributed by atoms with E-state index < -0.39 is 5.25 Å². The number of nitrogens with zero attached hydrogens (tertiary/aromatic N) is 1. The molecule has 3 aromatic rings. The molecule has 0 aliphatic carbocycles. The molecule has 2 aromatic carbocycles. The maximum atomic E-state index is 13.1. The van der Waals surface area contributed by atoms with Crippen molar-refractivity contribution in [1.29, 1.82) is 0 Å². The fraction of sp³-hybridized carbons (Fsp3) is 0.238. The van der Waals surface area contributed by atoms with Gasteiger partial charge in [0, 0.05) is 5.69 Å². The summed E-state index contributed by atoms with van der Waals surface area (Å²) in [5.41, 5.74) is 4.72. The van der Waals surface area contributed by atoms with Crippen molar-refractivity contribution >= 4 is 23.4 Å². The van der Waals surface area contributed by atoms with Gasteiger partial charge in [-0.25, -0.2) is 4.98 Å². The molecule has 0 saturated carbocycles.